The van der Waals surface area contributed by atoms with Crippen molar-refractivity contribution in [1.82, 2.24) is 29.5 Å². The molecule has 0 saturated heterocycles. The molecular weight excluding hydrogens is 426 g/mol. The lowest BCUT2D eigenvalue weighted by molar-refractivity contribution is 0.0162. The molecule has 0 bridgehead atoms. The number of nitrogen functional groups attached to an aromatic ring is 1. The third kappa shape index (κ3) is 7.58. The molecule has 0 aromatic carbocycles. The fourth-order valence-electron chi connectivity index (χ4n) is 3.34. The summed E-state index contributed by atoms with van der Waals surface area (Å²) in [4.78, 5) is 32.4. The van der Waals surface area contributed by atoms with Crippen LogP contribution in [0.1, 0.15) is 43.4 Å². The first-order chi connectivity index (χ1) is 16.1. The normalized spacial score (nSPS) is 11.5. The highest BCUT2D eigenvalue weighted by Crippen LogP contribution is 2.14. The summed E-state index contributed by atoms with van der Waals surface area (Å²) in [5.41, 5.74) is 8.09. The molecule has 0 fully saturated rings. The van der Waals surface area contributed by atoms with Crippen molar-refractivity contribution in [1.29, 1.82) is 0 Å². The van der Waals surface area contributed by atoms with Crippen LogP contribution < -0.4 is 11.4 Å². The van der Waals surface area contributed by atoms with Crippen molar-refractivity contribution in [2.75, 3.05) is 45.4 Å². The van der Waals surface area contributed by atoms with Gasteiger partial charge in [0.2, 0.25) is 0 Å². The zero-order chi connectivity index (χ0) is 23.5. The van der Waals surface area contributed by atoms with Crippen molar-refractivity contribution in [2.45, 2.75) is 46.1 Å². The Morgan fingerprint density at radius 1 is 0.939 bits per heavy atom. The van der Waals surface area contributed by atoms with Crippen molar-refractivity contribution in [2.24, 2.45) is 0 Å². The fourth-order valence-corrected chi connectivity index (χ4v) is 3.34. The molecular formula is C22H33N7O4. The quantitative estimate of drug-likeness (QED) is 0.324. The number of hydrogen-bond acceptors (Lipinski definition) is 9. The van der Waals surface area contributed by atoms with Gasteiger partial charge in [-0.25, -0.2) is 14.8 Å². The third-order valence-electron chi connectivity index (χ3n) is 5.01. The summed E-state index contributed by atoms with van der Waals surface area (Å²) < 4.78 is 17.7. The van der Waals surface area contributed by atoms with E-state index >= 15 is 0 Å². The van der Waals surface area contributed by atoms with E-state index in [1.807, 2.05) is 6.92 Å². The van der Waals surface area contributed by atoms with Crippen LogP contribution in [0.5, 0.6) is 0 Å². The number of nitrogens with one attached hydrogen (secondary N) is 1. The number of unbranched alkanes of at least 4 members (excludes halogenated alkanes) is 2. The van der Waals surface area contributed by atoms with Gasteiger partial charge in [-0.05, 0) is 33.1 Å². The minimum absolute atomic E-state index is 0.256. The molecule has 3 rings (SSSR count). The van der Waals surface area contributed by atoms with Crippen molar-refractivity contribution in [3.05, 3.63) is 40.1 Å². The third-order valence-corrected chi connectivity index (χ3v) is 5.01. The molecule has 3 aromatic rings. The minimum atomic E-state index is -0.304. The van der Waals surface area contributed by atoms with Gasteiger partial charge in [-0.1, -0.05) is 6.42 Å². The van der Waals surface area contributed by atoms with E-state index in [-0.39, 0.29) is 18.1 Å². The largest absolute Gasteiger partial charge is 0.382 e. The average Bonchev–Trinajstić information content (AvgIpc) is 3.11. The number of rotatable bonds is 15. The maximum atomic E-state index is 12.3. The first-order valence-electron chi connectivity index (χ1n) is 11.3. The van der Waals surface area contributed by atoms with Gasteiger partial charge in [-0.15, -0.1) is 0 Å². The van der Waals surface area contributed by atoms with Crippen molar-refractivity contribution < 1.29 is 14.2 Å². The van der Waals surface area contributed by atoms with Crippen LogP contribution >= 0.6 is 0 Å². The maximum absolute atomic E-state index is 12.3. The van der Waals surface area contributed by atoms with E-state index in [1.165, 1.54) is 4.57 Å². The number of imidazole rings is 1. The number of aryl methyl sites for hydroxylation is 2. The Morgan fingerprint density at radius 2 is 1.64 bits per heavy atom. The highest BCUT2D eigenvalue weighted by Gasteiger charge is 2.13. The zero-order valence-corrected chi connectivity index (χ0v) is 19.4. The summed E-state index contributed by atoms with van der Waals surface area (Å²) in [5.74, 6) is 0.761. The number of nitrogens with zero attached hydrogens (tertiary/aromatic N) is 5. The van der Waals surface area contributed by atoms with Gasteiger partial charge >= 0.3 is 5.69 Å². The average molecular weight is 460 g/mol. The van der Waals surface area contributed by atoms with Crippen molar-refractivity contribution >= 4 is 17.0 Å². The molecule has 0 amide bonds. The van der Waals surface area contributed by atoms with Crippen LogP contribution in [0.15, 0.2) is 17.2 Å². The number of hydrogen-bond donors (Lipinski definition) is 2. The highest BCUT2D eigenvalue weighted by molar-refractivity contribution is 5.81. The molecule has 0 aliphatic heterocycles. The van der Waals surface area contributed by atoms with Gasteiger partial charge in [0, 0.05) is 19.4 Å². The molecule has 0 aliphatic rings. The SMILES string of the molecule is CCOCCOCCOCCCCCc1cnc(Cn2c(=O)[nH]c3c(N)nc(C)nc32)cn1. The van der Waals surface area contributed by atoms with Gasteiger partial charge in [-0.2, -0.15) is 0 Å². The molecule has 11 heteroatoms. The van der Waals surface area contributed by atoms with Gasteiger partial charge < -0.3 is 24.9 Å². The second-order valence-corrected chi connectivity index (χ2v) is 7.60. The van der Waals surface area contributed by atoms with Crippen LogP contribution in [0, 0.1) is 6.92 Å². The van der Waals surface area contributed by atoms with Crippen molar-refractivity contribution in [3.63, 3.8) is 0 Å². The van der Waals surface area contributed by atoms with Gasteiger partial charge in [0.15, 0.2) is 11.5 Å². The van der Waals surface area contributed by atoms with E-state index in [1.54, 1.807) is 19.3 Å². The van der Waals surface area contributed by atoms with Crippen molar-refractivity contribution in [3.8, 4) is 0 Å². The highest BCUT2D eigenvalue weighted by atomic mass is 16.5. The first kappa shape index (κ1) is 24.7. The number of aromatic nitrogens is 6. The second kappa shape index (κ2) is 13.0. The summed E-state index contributed by atoms with van der Waals surface area (Å²) in [6, 6.07) is 0. The van der Waals surface area contributed by atoms with Crippen LogP contribution in [-0.4, -0.2) is 69.1 Å². The molecule has 0 radical (unpaired) electrons. The molecule has 11 nitrogen and oxygen atoms in total. The zero-order valence-electron chi connectivity index (χ0n) is 19.4. The van der Waals surface area contributed by atoms with Crippen LogP contribution in [0.2, 0.25) is 0 Å². The number of nitrogens with two attached hydrogens (primary N) is 1. The fraction of sp³-hybridized carbons (Fsp3) is 0.591. The second-order valence-electron chi connectivity index (χ2n) is 7.60. The molecule has 180 valence electrons. The smallest absolute Gasteiger partial charge is 0.328 e. The number of H-pyrrole nitrogens is 1. The maximum Gasteiger partial charge on any atom is 0.328 e. The lowest BCUT2D eigenvalue weighted by Crippen LogP contribution is -2.18. The molecule has 0 unspecified atom stereocenters. The molecule has 3 heterocycles. The summed E-state index contributed by atoms with van der Waals surface area (Å²) in [6.45, 7) is 7.85. The molecule has 0 saturated carbocycles. The summed E-state index contributed by atoms with van der Waals surface area (Å²) >= 11 is 0. The van der Waals surface area contributed by atoms with Gasteiger partial charge in [0.05, 0.1) is 50.6 Å². The lowest BCUT2D eigenvalue weighted by atomic mass is 10.1. The first-order valence-corrected chi connectivity index (χ1v) is 11.3. The molecule has 0 spiro atoms. The van der Waals surface area contributed by atoms with Crippen LogP contribution in [-0.2, 0) is 27.2 Å². The Kier molecular flexibility index (Phi) is 9.73. The summed E-state index contributed by atoms with van der Waals surface area (Å²) in [7, 11) is 0. The van der Waals surface area contributed by atoms with E-state index in [4.69, 9.17) is 19.9 Å². The number of anilines is 1. The van der Waals surface area contributed by atoms with E-state index < -0.39 is 0 Å². The molecule has 0 aliphatic carbocycles. The Morgan fingerprint density at radius 3 is 2.36 bits per heavy atom. The summed E-state index contributed by atoms with van der Waals surface area (Å²) in [6.07, 6.45) is 7.38. The number of aromatic amines is 1. The minimum Gasteiger partial charge on any atom is -0.382 e. The standard InChI is InChI=1S/C22H33N7O4/c1-3-31-9-10-33-12-11-32-8-6-4-5-7-17-13-25-18(14-24-17)15-29-21-19(28-22(29)30)20(23)26-16(2)27-21/h13-14H,3-12,15H2,1-2H3,(H,28,30)(H2,23,26,27). The predicted octanol–water partition coefficient (Wildman–Crippen LogP) is 1.63. The Balaban J connectivity index is 1.36. The number of fused-ring (bicyclic) bond motifs is 1. The van der Waals surface area contributed by atoms with E-state index in [0.29, 0.717) is 55.7 Å². The van der Waals surface area contributed by atoms with E-state index in [9.17, 15) is 4.79 Å². The molecule has 33 heavy (non-hydrogen) atoms. The molecule has 0 atom stereocenters. The Hall–Kier alpha value is -2.89. The number of ether oxygens (including phenoxy) is 3. The van der Waals surface area contributed by atoms with Crippen LogP contribution in [0.4, 0.5) is 5.82 Å². The Bertz CT molecular complexity index is 1050. The Labute approximate surface area is 192 Å². The van der Waals surface area contributed by atoms with Gasteiger partial charge in [0.1, 0.15) is 11.3 Å². The van der Waals surface area contributed by atoms with E-state index in [2.05, 4.69) is 24.9 Å². The monoisotopic (exact) mass is 459 g/mol. The van der Waals surface area contributed by atoms with Crippen LogP contribution in [0.25, 0.3) is 11.2 Å². The molecule has 3 N–H and O–H groups in total. The van der Waals surface area contributed by atoms with Crippen LogP contribution in [0.3, 0.4) is 0 Å². The molecule has 3 aromatic heterocycles. The predicted molar refractivity (Wildman–Crippen MR) is 124 cm³/mol. The lowest BCUT2D eigenvalue weighted by Gasteiger charge is -2.06. The summed E-state index contributed by atoms with van der Waals surface area (Å²) in [5, 5.41) is 0. The van der Waals surface area contributed by atoms with E-state index in [0.717, 1.165) is 38.0 Å². The van der Waals surface area contributed by atoms with Gasteiger partial charge in [-0.3, -0.25) is 14.5 Å². The topological polar surface area (TPSA) is 143 Å². The van der Waals surface area contributed by atoms with Gasteiger partial charge in [0.25, 0.3) is 0 Å².